The molecule has 0 rings (SSSR count). The second-order valence-corrected chi connectivity index (χ2v) is 3.69. The van der Waals surface area contributed by atoms with Crippen LogP contribution in [0.25, 0.3) is 0 Å². The number of nitrogens with zero attached hydrogens (tertiary/aromatic N) is 1. The summed E-state index contributed by atoms with van der Waals surface area (Å²) in [6, 6.07) is -2.03. The second-order valence-electron chi connectivity index (χ2n) is 2.95. The van der Waals surface area contributed by atoms with Gasteiger partial charge in [0.2, 0.25) is 5.91 Å². The summed E-state index contributed by atoms with van der Waals surface area (Å²) < 4.78 is 2.45. The van der Waals surface area contributed by atoms with Crippen molar-refractivity contribution in [2.75, 3.05) is 12.3 Å². The summed E-state index contributed by atoms with van der Waals surface area (Å²) in [6.07, 6.45) is 0.261. The third-order valence-corrected chi connectivity index (χ3v) is 2.31. The van der Waals surface area contributed by atoms with Crippen LogP contribution in [0.15, 0.2) is 4.58 Å². The molecule has 6 N–H and O–H groups in total. The molecule has 92 valence electrons. The van der Waals surface area contributed by atoms with Gasteiger partial charge in [0.25, 0.3) is 0 Å². The monoisotopic (exact) mass is 250 g/mol. The number of nitroso groups, excluding NO2 is 1. The maximum Gasteiger partial charge on any atom is 0.327 e. The van der Waals surface area contributed by atoms with Crippen LogP contribution in [0, 0.1) is 4.91 Å². The lowest BCUT2D eigenvalue weighted by Gasteiger charge is -2.15. The van der Waals surface area contributed by atoms with Gasteiger partial charge in [0, 0.05) is 22.3 Å². The fourth-order valence-electron chi connectivity index (χ4n) is 0.869. The number of aliphatic carboxylic acids is 1. The molecule has 0 aromatic rings. The number of carbonyl (C=O) groups excluding carboxylic acids is 1. The molecule has 0 aromatic heterocycles. The molecule has 0 aliphatic rings. The van der Waals surface area contributed by atoms with Crippen LogP contribution in [-0.4, -0.2) is 41.4 Å². The first kappa shape index (κ1) is 14.8. The van der Waals surface area contributed by atoms with E-state index in [0.717, 1.165) is 0 Å². The van der Waals surface area contributed by atoms with E-state index in [1.807, 2.05) is 0 Å². The van der Waals surface area contributed by atoms with Crippen molar-refractivity contribution >= 4 is 23.8 Å². The highest BCUT2D eigenvalue weighted by molar-refractivity contribution is 7.97. The summed E-state index contributed by atoms with van der Waals surface area (Å²) in [5.74, 6) is -1.99. The molecule has 2 atom stereocenters. The molecule has 0 spiro atoms. The van der Waals surface area contributed by atoms with Crippen molar-refractivity contribution in [1.29, 1.82) is 0 Å². The van der Waals surface area contributed by atoms with Gasteiger partial charge in [0.05, 0.1) is 6.04 Å². The maximum absolute atomic E-state index is 11.3. The molecule has 8 nitrogen and oxygen atoms in total. The van der Waals surface area contributed by atoms with E-state index in [2.05, 4.69) is 9.90 Å². The molecule has 0 saturated carbocycles. The molecule has 0 aliphatic heterocycles. The highest BCUT2D eigenvalue weighted by Crippen LogP contribution is 2.04. The molecule has 0 bridgehead atoms. The van der Waals surface area contributed by atoms with Crippen molar-refractivity contribution in [2.45, 2.75) is 18.5 Å². The summed E-state index contributed by atoms with van der Waals surface area (Å²) in [5, 5.41) is 10.9. The summed E-state index contributed by atoms with van der Waals surface area (Å²) in [4.78, 5) is 31.8. The average Bonchev–Trinajstić information content (AvgIpc) is 2.23. The Balaban J connectivity index is 4.22. The SMILES string of the molecule is NCC[C@H](N)C(=O)N[C@@H](CSN=O)C(=O)O. The molecule has 0 saturated heterocycles. The highest BCUT2D eigenvalue weighted by Gasteiger charge is 2.23. The number of rotatable bonds is 8. The summed E-state index contributed by atoms with van der Waals surface area (Å²) >= 11 is 0.520. The van der Waals surface area contributed by atoms with Gasteiger partial charge in [-0.2, -0.15) is 0 Å². The van der Waals surface area contributed by atoms with Crippen LogP contribution in [0.1, 0.15) is 6.42 Å². The van der Waals surface area contributed by atoms with Crippen LogP contribution in [0.4, 0.5) is 0 Å². The number of nitrogens with one attached hydrogen (secondary N) is 1. The number of carboxylic acid groups (broad SMARTS) is 1. The third-order valence-electron chi connectivity index (χ3n) is 1.72. The number of hydrogen-bond acceptors (Lipinski definition) is 7. The minimum absolute atomic E-state index is 0.139. The lowest BCUT2D eigenvalue weighted by molar-refractivity contribution is -0.141. The first-order chi connectivity index (χ1) is 7.52. The number of carboxylic acids is 1. The van der Waals surface area contributed by atoms with Crippen molar-refractivity contribution in [1.82, 2.24) is 5.32 Å². The van der Waals surface area contributed by atoms with Crippen LogP contribution in [0.2, 0.25) is 0 Å². The molecular formula is C7H14N4O4S. The lowest BCUT2D eigenvalue weighted by atomic mass is 10.2. The maximum atomic E-state index is 11.3. The Morgan fingerprint density at radius 3 is 2.56 bits per heavy atom. The Hall–Kier alpha value is -1.19. The Labute approximate surface area is 96.2 Å². The Bertz CT molecular complexity index is 263. The zero-order valence-corrected chi connectivity index (χ0v) is 9.27. The quantitative estimate of drug-likeness (QED) is 0.307. The van der Waals surface area contributed by atoms with Crippen LogP contribution in [0.3, 0.4) is 0 Å². The zero-order valence-electron chi connectivity index (χ0n) is 8.46. The molecule has 9 heteroatoms. The van der Waals surface area contributed by atoms with Gasteiger partial charge in [-0.3, -0.25) is 4.79 Å². The molecule has 1 amide bonds. The van der Waals surface area contributed by atoms with Gasteiger partial charge < -0.3 is 21.9 Å². The van der Waals surface area contributed by atoms with Gasteiger partial charge in [0.1, 0.15) is 6.04 Å². The third kappa shape index (κ3) is 5.63. The normalized spacial score (nSPS) is 13.9. The highest BCUT2D eigenvalue weighted by atomic mass is 32.2. The Morgan fingerprint density at radius 1 is 1.50 bits per heavy atom. The van der Waals surface area contributed by atoms with E-state index in [1.165, 1.54) is 0 Å². The molecule has 0 aliphatic carbocycles. The van der Waals surface area contributed by atoms with Crippen LogP contribution >= 0.6 is 11.9 Å². The summed E-state index contributed by atoms with van der Waals surface area (Å²) in [7, 11) is 0. The molecule has 16 heavy (non-hydrogen) atoms. The largest absolute Gasteiger partial charge is 0.480 e. The van der Waals surface area contributed by atoms with E-state index in [-0.39, 0.29) is 18.7 Å². The minimum atomic E-state index is -1.25. The second kappa shape index (κ2) is 8.02. The van der Waals surface area contributed by atoms with Gasteiger partial charge in [-0.15, -0.1) is 4.91 Å². The predicted octanol–water partition coefficient (Wildman–Crippen LogP) is -1.35. The number of carbonyl (C=O) groups is 2. The molecular weight excluding hydrogens is 236 g/mol. The Morgan fingerprint density at radius 2 is 2.12 bits per heavy atom. The predicted molar refractivity (Wildman–Crippen MR) is 59.5 cm³/mol. The van der Waals surface area contributed by atoms with Gasteiger partial charge in [0.15, 0.2) is 0 Å². The molecule has 0 aromatic carbocycles. The minimum Gasteiger partial charge on any atom is -0.480 e. The molecule has 0 heterocycles. The summed E-state index contributed by atoms with van der Waals surface area (Å²) in [6.45, 7) is 0.233. The van der Waals surface area contributed by atoms with E-state index in [9.17, 15) is 14.5 Å². The van der Waals surface area contributed by atoms with Gasteiger partial charge in [-0.05, 0) is 13.0 Å². The van der Waals surface area contributed by atoms with E-state index in [0.29, 0.717) is 11.9 Å². The zero-order chi connectivity index (χ0) is 12.6. The van der Waals surface area contributed by atoms with Gasteiger partial charge in [-0.1, -0.05) is 0 Å². The van der Waals surface area contributed by atoms with E-state index < -0.39 is 24.0 Å². The standard InChI is InChI=1S/C7H14N4O4S/c8-2-1-4(9)6(12)10-5(7(13)14)3-16-11-15/h4-5H,1-3,8-9H2,(H,10,12)(H,13,14)/t4-,5-/m0/s1. The fourth-order valence-corrected chi connectivity index (χ4v) is 1.30. The molecule has 0 unspecified atom stereocenters. The first-order valence-electron chi connectivity index (χ1n) is 4.46. The first-order valence-corrected chi connectivity index (χ1v) is 5.40. The van der Waals surface area contributed by atoms with Crippen molar-refractivity contribution in [3.05, 3.63) is 4.91 Å². The van der Waals surface area contributed by atoms with Crippen molar-refractivity contribution in [3.8, 4) is 0 Å². The van der Waals surface area contributed by atoms with Gasteiger partial charge >= 0.3 is 5.97 Å². The van der Waals surface area contributed by atoms with Gasteiger partial charge in [-0.25, -0.2) is 4.79 Å². The topological polar surface area (TPSA) is 148 Å². The smallest absolute Gasteiger partial charge is 0.327 e. The fraction of sp³-hybridized carbons (Fsp3) is 0.714. The van der Waals surface area contributed by atoms with Crippen LogP contribution < -0.4 is 16.8 Å². The lowest BCUT2D eigenvalue weighted by Crippen LogP contribution is -2.50. The van der Waals surface area contributed by atoms with Crippen LogP contribution in [-0.2, 0) is 9.59 Å². The number of hydrogen-bond donors (Lipinski definition) is 4. The molecule has 0 radical (unpaired) electrons. The molecule has 0 fully saturated rings. The average molecular weight is 250 g/mol. The number of amides is 1. The summed E-state index contributed by atoms with van der Waals surface area (Å²) in [5.41, 5.74) is 10.6. The van der Waals surface area contributed by atoms with Crippen molar-refractivity contribution in [2.24, 2.45) is 16.0 Å². The van der Waals surface area contributed by atoms with Crippen molar-refractivity contribution < 1.29 is 14.7 Å². The van der Waals surface area contributed by atoms with E-state index in [1.54, 1.807) is 0 Å². The van der Waals surface area contributed by atoms with E-state index in [4.69, 9.17) is 16.6 Å². The number of nitrogens with two attached hydrogens (primary N) is 2. The van der Waals surface area contributed by atoms with Crippen molar-refractivity contribution in [3.63, 3.8) is 0 Å². The Kier molecular flexibility index (Phi) is 7.42. The van der Waals surface area contributed by atoms with E-state index >= 15 is 0 Å². The van der Waals surface area contributed by atoms with Crippen LogP contribution in [0.5, 0.6) is 0 Å².